The molecule has 0 radical (unpaired) electrons. The first-order chi connectivity index (χ1) is 8.22. The highest BCUT2D eigenvalue weighted by Crippen LogP contribution is 2.25. The summed E-state index contributed by atoms with van der Waals surface area (Å²) in [4.78, 5) is 18.7. The van der Waals surface area contributed by atoms with Crippen molar-refractivity contribution in [1.82, 2.24) is 9.97 Å². The van der Waals surface area contributed by atoms with Crippen molar-refractivity contribution in [1.29, 1.82) is 0 Å². The number of pyridine rings is 1. The highest BCUT2D eigenvalue weighted by Gasteiger charge is 2.15. The predicted molar refractivity (Wildman–Crippen MR) is 67.7 cm³/mol. The van der Waals surface area contributed by atoms with Gasteiger partial charge in [-0.05, 0) is 35.0 Å². The van der Waals surface area contributed by atoms with E-state index in [0.717, 1.165) is 15.6 Å². The van der Waals surface area contributed by atoms with Crippen LogP contribution in [0.5, 0.6) is 0 Å². The van der Waals surface area contributed by atoms with E-state index in [4.69, 9.17) is 4.74 Å². The molecule has 0 aromatic carbocycles. The third-order valence-electron chi connectivity index (χ3n) is 2.24. The third kappa shape index (κ3) is 2.55. The average Bonchev–Trinajstić information content (AvgIpc) is 2.78. The van der Waals surface area contributed by atoms with Crippen LogP contribution in [-0.4, -0.2) is 22.5 Å². The van der Waals surface area contributed by atoms with E-state index in [-0.39, 0.29) is 5.97 Å². The zero-order chi connectivity index (χ0) is 12.3. The van der Waals surface area contributed by atoms with Crippen LogP contribution in [0.4, 0.5) is 0 Å². The minimum Gasteiger partial charge on any atom is -0.461 e. The number of nitrogens with one attached hydrogen (secondary N) is 1. The van der Waals surface area contributed by atoms with Crippen molar-refractivity contribution in [2.24, 2.45) is 0 Å². The van der Waals surface area contributed by atoms with Crippen molar-refractivity contribution in [3.8, 4) is 11.1 Å². The molecule has 0 aliphatic heterocycles. The fourth-order valence-corrected chi connectivity index (χ4v) is 1.91. The van der Waals surface area contributed by atoms with E-state index in [0.29, 0.717) is 12.3 Å². The van der Waals surface area contributed by atoms with Crippen molar-refractivity contribution in [3.63, 3.8) is 0 Å². The Bertz CT molecular complexity index is 537. The Morgan fingerprint density at radius 2 is 2.35 bits per heavy atom. The Kier molecular flexibility index (Phi) is 3.58. The second kappa shape index (κ2) is 5.14. The van der Waals surface area contributed by atoms with Gasteiger partial charge in [0.25, 0.3) is 0 Å². The van der Waals surface area contributed by atoms with Crippen LogP contribution in [0.1, 0.15) is 17.4 Å². The second-order valence-corrected chi connectivity index (χ2v) is 4.29. The number of hydrogen-bond acceptors (Lipinski definition) is 3. The van der Waals surface area contributed by atoms with Gasteiger partial charge in [0.15, 0.2) is 0 Å². The number of nitrogens with zero attached hydrogens (tertiary/aromatic N) is 1. The van der Waals surface area contributed by atoms with E-state index < -0.39 is 0 Å². The molecule has 0 saturated carbocycles. The maximum absolute atomic E-state index is 11.7. The van der Waals surface area contributed by atoms with Crippen LogP contribution in [0.3, 0.4) is 0 Å². The van der Waals surface area contributed by atoms with Crippen LogP contribution >= 0.6 is 15.9 Å². The lowest BCUT2D eigenvalue weighted by Gasteiger charge is -2.04. The van der Waals surface area contributed by atoms with Gasteiger partial charge in [-0.2, -0.15) is 0 Å². The van der Waals surface area contributed by atoms with Crippen molar-refractivity contribution in [2.45, 2.75) is 6.92 Å². The molecule has 88 valence electrons. The van der Waals surface area contributed by atoms with Gasteiger partial charge in [0, 0.05) is 34.2 Å². The molecule has 0 aliphatic rings. The topological polar surface area (TPSA) is 55.0 Å². The number of ether oxygens (including phenoxy) is 1. The number of rotatable bonds is 3. The molecule has 2 rings (SSSR count). The van der Waals surface area contributed by atoms with Gasteiger partial charge in [0.1, 0.15) is 5.69 Å². The molecule has 5 heteroatoms. The molecular weight excluding hydrogens is 284 g/mol. The van der Waals surface area contributed by atoms with Crippen LogP contribution in [0.25, 0.3) is 11.1 Å². The van der Waals surface area contributed by atoms with Gasteiger partial charge < -0.3 is 9.72 Å². The largest absolute Gasteiger partial charge is 0.461 e. The highest BCUT2D eigenvalue weighted by atomic mass is 79.9. The number of halogens is 1. The normalized spacial score (nSPS) is 10.2. The number of esters is 1. The maximum Gasteiger partial charge on any atom is 0.355 e. The van der Waals surface area contributed by atoms with Gasteiger partial charge in [0.05, 0.1) is 6.61 Å². The van der Waals surface area contributed by atoms with Gasteiger partial charge in [0.2, 0.25) is 0 Å². The number of aromatic amines is 1. The van der Waals surface area contributed by atoms with E-state index in [1.807, 2.05) is 12.1 Å². The lowest BCUT2D eigenvalue weighted by atomic mass is 10.1. The summed E-state index contributed by atoms with van der Waals surface area (Å²) in [5.74, 6) is -0.354. The van der Waals surface area contributed by atoms with E-state index >= 15 is 0 Å². The summed E-state index contributed by atoms with van der Waals surface area (Å²) in [6, 6.07) is 3.73. The molecule has 0 atom stereocenters. The summed E-state index contributed by atoms with van der Waals surface area (Å²) >= 11 is 3.35. The Balaban J connectivity index is 2.40. The number of hydrogen-bond donors (Lipinski definition) is 1. The van der Waals surface area contributed by atoms with E-state index in [1.165, 1.54) is 0 Å². The Morgan fingerprint density at radius 3 is 3.06 bits per heavy atom. The standard InChI is InChI=1S/C12H11BrN2O2/c1-2-17-12(16)11-10(3-4-15-11)8-5-9(13)7-14-6-8/h3-7,15H,2H2,1H3. The van der Waals surface area contributed by atoms with Crippen molar-refractivity contribution in [2.75, 3.05) is 6.61 Å². The first-order valence-electron chi connectivity index (χ1n) is 5.17. The zero-order valence-electron chi connectivity index (χ0n) is 9.24. The van der Waals surface area contributed by atoms with Crippen molar-refractivity contribution >= 4 is 21.9 Å². The van der Waals surface area contributed by atoms with Crippen LogP contribution < -0.4 is 0 Å². The van der Waals surface area contributed by atoms with E-state index in [1.54, 1.807) is 25.5 Å². The molecule has 0 aliphatic carbocycles. The maximum atomic E-state index is 11.7. The van der Waals surface area contributed by atoms with E-state index in [9.17, 15) is 4.79 Å². The van der Waals surface area contributed by atoms with E-state index in [2.05, 4.69) is 25.9 Å². The molecule has 0 saturated heterocycles. The molecular formula is C12H11BrN2O2. The molecule has 0 bridgehead atoms. The molecule has 2 heterocycles. The van der Waals surface area contributed by atoms with Crippen molar-refractivity contribution < 1.29 is 9.53 Å². The minimum atomic E-state index is -0.354. The molecule has 1 N–H and O–H groups in total. The monoisotopic (exact) mass is 294 g/mol. The highest BCUT2D eigenvalue weighted by molar-refractivity contribution is 9.10. The molecule has 2 aromatic rings. The van der Waals surface area contributed by atoms with Gasteiger partial charge in [-0.15, -0.1) is 0 Å². The summed E-state index contributed by atoms with van der Waals surface area (Å²) < 4.78 is 5.84. The fourth-order valence-electron chi connectivity index (χ4n) is 1.54. The van der Waals surface area contributed by atoms with Crippen LogP contribution in [-0.2, 0) is 4.74 Å². The van der Waals surface area contributed by atoms with Crippen LogP contribution in [0.2, 0.25) is 0 Å². The SMILES string of the molecule is CCOC(=O)c1[nH]ccc1-c1cncc(Br)c1. The number of aromatic nitrogens is 2. The molecule has 0 unspecified atom stereocenters. The van der Waals surface area contributed by atoms with Gasteiger partial charge in [-0.3, -0.25) is 4.98 Å². The molecule has 17 heavy (non-hydrogen) atoms. The van der Waals surface area contributed by atoms with Crippen LogP contribution in [0, 0.1) is 0 Å². The lowest BCUT2D eigenvalue weighted by molar-refractivity contribution is 0.0521. The summed E-state index contributed by atoms with van der Waals surface area (Å²) in [7, 11) is 0. The fraction of sp³-hybridized carbons (Fsp3) is 0.167. The summed E-state index contributed by atoms with van der Waals surface area (Å²) in [5, 5.41) is 0. The first-order valence-corrected chi connectivity index (χ1v) is 5.97. The molecule has 0 amide bonds. The smallest absolute Gasteiger partial charge is 0.355 e. The molecule has 0 spiro atoms. The Hall–Kier alpha value is -1.62. The second-order valence-electron chi connectivity index (χ2n) is 3.38. The lowest BCUT2D eigenvalue weighted by Crippen LogP contribution is -2.06. The molecule has 0 fully saturated rings. The summed E-state index contributed by atoms with van der Waals surface area (Å²) in [6.07, 6.45) is 5.11. The summed E-state index contributed by atoms with van der Waals surface area (Å²) in [6.45, 7) is 2.13. The summed E-state index contributed by atoms with van der Waals surface area (Å²) in [5.41, 5.74) is 2.10. The van der Waals surface area contributed by atoms with Crippen molar-refractivity contribution in [3.05, 3.63) is 40.9 Å². The zero-order valence-corrected chi connectivity index (χ0v) is 10.8. The predicted octanol–water partition coefficient (Wildman–Crippen LogP) is 3.02. The van der Waals surface area contributed by atoms with Gasteiger partial charge >= 0.3 is 5.97 Å². The number of carbonyl (C=O) groups excluding carboxylic acids is 1. The average molecular weight is 295 g/mol. The third-order valence-corrected chi connectivity index (χ3v) is 2.68. The number of H-pyrrole nitrogens is 1. The Morgan fingerprint density at radius 1 is 1.53 bits per heavy atom. The van der Waals surface area contributed by atoms with Crippen LogP contribution in [0.15, 0.2) is 35.2 Å². The molecule has 4 nitrogen and oxygen atoms in total. The quantitative estimate of drug-likeness (QED) is 0.886. The Labute approximate surface area is 107 Å². The molecule has 2 aromatic heterocycles. The van der Waals surface area contributed by atoms with Gasteiger partial charge in [-0.1, -0.05) is 0 Å². The minimum absolute atomic E-state index is 0.354. The first kappa shape index (κ1) is 11.9. The van der Waals surface area contributed by atoms with Gasteiger partial charge in [-0.25, -0.2) is 4.79 Å². The number of carbonyl (C=O) groups is 1.